The molecule has 1 saturated carbocycles. The van der Waals surface area contributed by atoms with E-state index in [9.17, 15) is 30.0 Å². The van der Waals surface area contributed by atoms with E-state index in [4.69, 9.17) is 14.6 Å². The minimum Gasteiger partial charge on any atom is -0.504 e. The van der Waals surface area contributed by atoms with Crippen LogP contribution in [0.2, 0.25) is 0 Å². The molecule has 0 saturated heterocycles. The fourth-order valence-electron chi connectivity index (χ4n) is 2.69. The molecule has 2 unspecified atom stereocenters. The van der Waals surface area contributed by atoms with Crippen molar-refractivity contribution in [2.75, 3.05) is 7.11 Å². The number of phenols is 1. The first-order chi connectivity index (χ1) is 12.1. The van der Waals surface area contributed by atoms with Crippen molar-refractivity contribution in [3.8, 4) is 11.5 Å². The Morgan fingerprint density at radius 3 is 2.58 bits per heavy atom. The van der Waals surface area contributed by atoms with E-state index in [1.165, 1.54) is 31.4 Å². The number of aliphatic carboxylic acids is 1. The second-order valence-electron chi connectivity index (χ2n) is 6.05. The summed E-state index contributed by atoms with van der Waals surface area (Å²) < 4.78 is 10.0. The lowest BCUT2D eigenvalue weighted by atomic mass is 9.77. The van der Waals surface area contributed by atoms with Gasteiger partial charge in [0.15, 0.2) is 11.5 Å². The molecular weight excluding hydrogens is 348 g/mol. The molecule has 0 amide bonds. The van der Waals surface area contributed by atoms with Gasteiger partial charge in [-0.2, -0.15) is 0 Å². The minimum atomic E-state index is -2.83. The largest absolute Gasteiger partial charge is 0.504 e. The third kappa shape index (κ3) is 3.96. The Morgan fingerprint density at radius 2 is 1.96 bits per heavy atom. The summed E-state index contributed by atoms with van der Waals surface area (Å²) in [5, 5.41) is 47.9. The molecular formula is C17H20O9. The second kappa shape index (κ2) is 7.32. The summed E-state index contributed by atoms with van der Waals surface area (Å²) in [5.74, 6) is -5.24. The Balaban J connectivity index is 2.03. The highest BCUT2D eigenvalue weighted by molar-refractivity contribution is 5.87. The first-order valence-corrected chi connectivity index (χ1v) is 7.75. The molecule has 1 aliphatic carbocycles. The lowest BCUT2D eigenvalue weighted by molar-refractivity contribution is -0.296. The van der Waals surface area contributed by atoms with Crippen molar-refractivity contribution in [3.05, 3.63) is 29.8 Å². The molecule has 9 heteroatoms. The highest BCUT2D eigenvalue weighted by atomic mass is 16.6. The van der Waals surface area contributed by atoms with Crippen LogP contribution < -0.4 is 4.74 Å². The average molecular weight is 368 g/mol. The smallest absolute Gasteiger partial charge is 0.341 e. The Hall–Kier alpha value is -2.62. The summed E-state index contributed by atoms with van der Waals surface area (Å²) in [6.07, 6.45) is 0.364. The highest BCUT2D eigenvalue weighted by Gasteiger charge is 2.59. The summed E-state index contributed by atoms with van der Waals surface area (Å²) in [5.41, 5.74) is -2.28. The molecule has 1 aromatic carbocycles. The first kappa shape index (κ1) is 19.7. The molecule has 5 N–H and O–H groups in total. The van der Waals surface area contributed by atoms with E-state index >= 15 is 0 Å². The first-order valence-electron chi connectivity index (χ1n) is 7.75. The van der Waals surface area contributed by atoms with Gasteiger partial charge >= 0.3 is 11.9 Å². The number of carbonyl (C=O) groups excluding carboxylic acids is 1. The number of carboxylic acid groups (broad SMARTS) is 1. The van der Waals surface area contributed by atoms with E-state index in [1.54, 1.807) is 0 Å². The van der Waals surface area contributed by atoms with Crippen LogP contribution in [0, 0.1) is 0 Å². The maximum atomic E-state index is 11.9. The Kier molecular flexibility index (Phi) is 5.55. The molecule has 9 nitrogen and oxygen atoms in total. The zero-order chi connectivity index (χ0) is 19.5. The predicted molar refractivity (Wildman–Crippen MR) is 87.2 cm³/mol. The number of phenolic OH excluding ortho intramolecular Hbond substituents is 1. The van der Waals surface area contributed by atoms with E-state index in [1.807, 2.05) is 0 Å². The summed E-state index contributed by atoms with van der Waals surface area (Å²) in [4.78, 5) is 23.1. The van der Waals surface area contributed by atoms with E-state index in [2.05, 4.69) is 0 Å². The lowest BCUT2D eigenvalue weighted by Gasteiger charge is -2.42. The zero-order valence-corrected chi connectivity index (χ0v) is 14.0. The molecule has 1 aromatic rings. The van der Waals surface area contributed by atoms with Crippen LogP contribution in [-0.2, 0) is 14.3 Å². The van der Waals surface area contributed by atoms with Crippen LogP contribution in [-0.4, -0.2) is 62.1 Å². The number of methoxy groups -OCH3 is 1. The molecule has 1 fully saturated rings. The number of hydrogen-bond donors (Lipinski definition) is 5. The van der Waals surface area contributed by atoms with Gasteiger partial charge < -0.3 is 35.0 Å². The van der Waals surface area contributed by atoms with Gasteiger partial charge in [-0.25, -0.2) is 9.59 Å². The standard InChI is InChI=1S/C17H20O9/c1-25-13-8-10(2-4-12(13)18)3-5-14(19)26-11-6-7-17(23,24)16(22,9-11)15(20)21/h2-5,8,11,18,22-24H,6-7,9H2,1H3,(H,20,21)/b5-3+. The number of carboxylic acids is 1. The second-order valence-corrected chi connectivity index (χ2v) is 6.05. The van der Waals surface area contributed by atoms with Gasteiger partial charge in [-0.3, -0.25) is 0 Å². The van der Waals surface area contributed by atoms with E-state index in [0.29, 0.717) is 5.56 Å². The van der Waals surface area contributed by atoms with Crippen molar-refractivity contribution in [1.82, 2.24) is 0 Å². The van der Waals surface area contributed by atoms with Crippen molar-refractivity contribution < 1.29 is 44.6 Å². The van der Waals surface area contributed by atoms with Gasteiger partial charge in [0, 0.05) is 18.9 Å². The maximum absolute atomic E-state index is 11.9. The van der Waals surface area contributed by atoms with Crippen molar-refractivity contribution >= 4 is 18.0 Å². The number of aliphatic hydroxyl groups is 3. The molecule has 0 radical (unpaired) electrons. The van der Waals surface area contributed by atoms with Gasteiger partial charge in [0.2, 0.25) is 11.4 Å². The fraction of sp³-hybridized carbons (Fsp3) is 0.412. The van der Waals surface area contributed by atoms with Crippen LogP contribution in [0.25, 0.3) is 6.08 Å². The van der Waals surface area contributed by atoms with Crippen LogP contribution in [0.3, 0.4) is 0 Å². The van der Waals surface area contributed by atoms with E-state index < -0.39 is 42.3 Å². The summed E-state index contributed by atoms with van der Waals surface area (Å²) in [7, 11) is 1.38. The summed E-state index contributed by atoms with van der Waals surface area (Å²) in [6, 6.07) is 4.42. The van der Waals surface area contributed by atoms with Crippen LogP contribution in [0.5, 0.6) is 11.5 Å². The molecule has 142 valence electrons. The van der Waals surface area contributed by atoms with Crippen molar-refractivity contribution in [2.24, 2.45) is 0 Å². The number of aromatic hydroxyl groups is 1. The monoisotopic (exact) mass is 368 g/mol. The van der Waals surface area contributed by atoms with Crippen molar-refractivity contribution in [2.45, 2.75) is 36.8 Å². The predicted octanol–water partition coefficient (Wildman–Crippen LogP) is 0.00630. The number of benzene rings is 1. The minimum absolute atomic E-state index is 0.0186. The van der Waals surface area contributed by atoms with Gasteiger partial charge in [0.25, 0.3) is 0 Å². The average Bonchev–Trinajstić information content (AvgIpc) is 2.57. The van der Waals surface area contributed by atoms with Gasteiger partial charge in [0.05, 0.1) is 7.11 Å². The lowest BCUT2D eigenvalue weighted by Crippen LogP contribution is -2.63. The third-order valence-electron chi connectivity index (χ3n) is 4.25. The number of rotatable bonds is 5. The molecule has 1 aliphatic rings. The Labute approximate surface area is 148 Å². The molecule has 0 aromatic heterocycles. The van der Waals surface area contributed by atoms with Gasteiger partial charge in [-0.1, -0.05) is 6.07 Å². The van der Waals surface area contributed by atoms with Crippen LogP contribution in [0.15, 0.2) is 24.3 Å². The topological polar surface area (TPSA) is 154 Å². The SMILES string of the molecule is COc1cc(/C=C/C(=O)OC2CCC(O)(O)C(O)(C(=O)O)C2)ccc1O. The number of hydrogen-bond acceptors (Lipinski definition) is 8. The van der Waals surface area contributed by atoms with Crippen LogP contribution in [0.4, 0.5) is 0 Å². The van der Waals surface area contributed by atoms with E-state index in [0.717, 1.165) is 6.08 Å². The van der Waals surface area contributed by atoms with Gasteiger partial charge in [-0.15, -0.1) is 0 Å². The van der Waals surface area contributed by atoms with Gasteiger partial charge in [-0.05, 0) is 30.2 Å². The molecule has 0 bridgehead atoms. The van der Waals surface area contributed by atoms with Crippen molar-refractivity contribution in [1.29, 1.82) is 0 Å². The Morgan fingerprint density at radius 1 is 1.27 bits per heavy atom. The number of carbonyl (C=O) groups is 2. The zero-order valence-electron chi connectivity index (χ0n) is 14.0. The highest BCUT2D eigenvalue weighted by Crippen LogP contribution is 2.37. The maximum Gasteiger partial charge on any atom is 0.341 e. The molecule has 2 rings (SSSR count). The summed E-state index contributed by atoms with van der Waals surface area (Å²) >= 11 is 0. The third-order valence-corrected chi connectivity index (χ3v) is 4.25. The van der Waals surface area contributed by atoms with Crippen molar-refractivity contribution in [3.63, 3.8) is 0 Å². The van der Waals surface area contributed by atoms with E-state index in [-0.39, 0.29) is 17.9 Å². The number of ether oxygens (including phenoxy) is 2. The molecule has 0 heterocycles. The van der Waals surface area contributed by atoms with Crippen LogP contribution in [0.1, 0.15) is 24.8 Å². The molecule has 0 spiro atoms. The molecule has 26 heavy (non-hydrogen) atoms. The quantitative estimate of drug-likeness (QED) is 0.274. The number of esters is 1. The normalized spacial score (nSPS) is 25.0. The van der Waals surface area contributed by atoms with Gasteiger partial charge in [0.1, 0.15) is 6.10 Å². The fourth-order valence-corrected chi connectivity index (χ4v) is 2.69. The molecule has 2 atom stereocenters. The summed E-state index contributed by atoms with van der Waals surface area (Å²) in [6.45, 7) is 0. The molecule has 0 aliphatic heterocycles. The van der Waals surface area contributed by atoms with Crippen LogP contribution >= 0.6 is 0 Å². The Bertz CT molecular complexity index is 725.